The van der Waals surface area contributed by atoms with E-state index in [1.807, 2.05) is 0 Å². The topological polar surface area (TPSA) is 29.9 Å². The van der Waals surface area contributed by atoms with E-state index in [9.17, 15) is 17.6 Å². The third kappa shape index (κ3) is 2.34. The van der Waals surface area contributed by atoms with Gasteiger partial charge in [0.15, 0.2) is 0 Å². The average Bonchev–Trinajstić information content (AvgIpc) is 2.80. The standard InChI is InChI=1S/C16H15F4N3/c17-13-4-2-1-3-11(13)14-12(16(18,19)20)7-23(22-14)10-5-15(6-10)8-21-9-15/h1-4,7,10,21H,5-6,8-9H2. The molecule has 122 valence electrons. The molecule has 0 unspecified atom stereocenters. The molecular formula is C16H15F4N3. The molecule has 1 aromatic heterocycles. The van der Waals surface area contributed by atoms with Crippen LogP contribution in [0.25, 0.3) is 11.3 Å². The molecule has 0 radical (unpaired) electrons. The van der Waals surface area contributed by atoms with Crippen molar-refractivity contribution >= 4 is 0 Å². The smallest absolute Gasteiger partial charge is 0.316 e. The summed E-state index contributed by atoms with van der Waals surface area (Å²) in [6, 6.07) is 5.39. The summed E-state index contributed by atoms with van der Waals surface area (Å²) in [6.07, 6.45) is -1.91. The molecule has 2 heterocycles. The molecule has 1 spiro atoms. The van der Waals surface area contributed by atoms with Crippen LogP contribution in [0.3, 0.4) is 0 Å². The Balaban J connectivity index is 1.72. The molecule has 2 fully saturated rings. The van der Waals surface area contributed by atoms with E-state index in [0.717, 1.165) is 38.2 Å². The molecular weight excluding hydrogens is 310 g/mol. The fourth-order valence-electron chi connectivity index (χ4n) is 3.53. The van der Waals surface area contributed by atoms with E-state index in [1.165, 1.54) is 22.9 Å². The first-order valence-corrected chi connectivity index (χ1v) is 7.50. The number of benzene rings is 1. The summed E-state index contributed by atoms with van der Waals surface area (Å²) < 4.78 is 55.2. The second kappa shape index (κ2) is 4.80. The Morgan fingerprint density at radius 1 is 1.17 bits per heavy atom. The highest BCUT2D eigenvalue weighted by atomic mass is 19.4. The zero-order valence-corrected chi connectivity index (χ0v) is 12.2. The molecule has 2 aromatic rings. The van der Waals surface area contributed by atoms with E-state index in [0.29, 0.717) is 0 Å². The van der Waals surface area contributed by atoms with Gasteiger partial charge in [-0.15, -0.1) is 0 Å². The summed E-state index contributed by atoms with van der Waals surface area (Å²) in [7, 11) is 0. The molecule has 7 heteroatoms. The van der Waals surface area contributed by atoms with Gasteiger partial charge in [-0.1, -0.05) is 12.1 Å². The van der Waals surface area contributed by atoms with Crippen molar-refractivity contribution in [3.63, 3.8) is 0 Å². The Bertz CT molecular complexity index is 738. The Labute approximate surface area is 130 Å². The number of halogens is 4. The van der Waals surface area contributed by atoms with Crippen LogP contribution in [0, 0.1) is 11.2 Å². The van der Waals surface area contributed by atoms with Gasteiger partial charge in [0.2, 0.25) is 0 Å². The molecule has 2 aliphatic rings. The lowest BCUT2D eigenvalue weighted by atomic mass is 9.62. The minimum absolute atomic E-state index is 0.0428. The number of nitrogens with zero attached hydrogens (tertiary/aromatic N) is 2. The summed E-state index contributed by atoms with van der Waals surface area (Å²) in [5, 5.41) is 7.28. The van der Waals surface area contributed by atoms with Crippen LogP contribution >= 0.6 is 0 Å². The van der Waals surface area contributed by atoms with E-state index in [4.69, 9.17) is 0 Å². The van der Waals surface area contributed by atoms with Crippen LogP contribution in [0.5, 0.6) is 0 Å². The van der Waals surface area contributed by atoms with Crippen LogP contribution < -0.4 is 5.32 Å². The largest absolute Gasteiger partial charge is 0.420 e. The van der Waals surface area contributed by atoms with Gasteiger partial charge in [0, 0.05) is 24.8 Å². The van der Waals surface area contributed by atoms with Crippen molar-refractivity contribution < 1.29 is 17.6 Å². The Morgan fingerprint density at radius 2 is 1.87 bits per heavy atom. The Morgan fingerprint density at radius 3 is 2.43 bits per heavy atom. The van der Waals surface area contributed by atoms with Crippen LogP contribution in [0.2, 0.25) is 0 Å². The minimum Gasteiger partial charge on any atom is -0.316 e. The fourth-order valence-corrected chi connectivity index (χ4v) is 3.53. The second-order valence-corrected chi connectivity index (χ2v) is 6.51. The molecule has 1 aliphatic heterocycles. The van der Waals surface area contributed by atoms with Crippen molar-refractivity contribution in [2.75, 3.05) is 13.1 Å². The summed E-state index contributed by atoms with van der Waals surface area (Å²) in [4.78, 5) is 0. The predicted octanol–water partition coefficient (Wildman–Crippen LogP) is 3.63. The summed E-state index contributed by atoms with van der Waals surface area (Å²) in [6.45, 7) is 1.83. The van der Waals surface area contributed by atoms with Gasteiger partial charge < -0.3 is 5.32 Å². The van der Waals surface area contributed by atoms with Gasteiger partial charge in [0.1, 0.15) is 17.1 Å². The van der Waals surface area contributed by atoms with Crippen molar-refractivity contribution in [3.05, 3.63) is 41.8 Å². The molecule has 23 heavy (non-hydrogen) atoms. The zero-order valence-electron chi connectivity index (χ0n) is 12.2. The lowest BCUT2D eigenvalue weighted by Gasteiger charge is -2.54. The fraction of sp³-hybridized carbons (Fsp3) is 0.438. The number of alkyl halides is 3. The number of hydrogen-bond acceptors (Lipinski definition) is 2. The van der Waals surface area contributed by atoms with Crippen LogP contribution in [0.15, 0.2) is 30.5 Å². The maximum Gasteiger partial charge on any atom is 0.420 e. The molecule has 1 aromatic carbocycles. The maximum absolute atomic E-state index is 13.9. The van der Waals surface area contributed by atoms with Crippen molar-refractivity contribution in [3.8, 4) is 11.3 Å². The third-order valence-electron chi connectivity index (χ3n) is 4.88. The molecule has 1 aliphatic carbocycles. The lowest BCUT2D eigenvalue weighted by Crippen LogP contribution is -2.60. The van der Waals surface area contributed by atoms with Crippen molar-refractivity contribution in [2.45, 2.75) is 25.1 Å². The molecule has 1 saturated carbocycles. The van der Waals surface area contributed by atoms with E-state index in [2.05, 4.69) is 10.4 Å². The molecule has 4 rings (SSSR count). The quantitative estimate of drug-likeness (QED) is 0.855. The number of nitrogens with one attached hydrogen (secondary N) is 1. The highest BCUT2D eigenvalue weighted by Crippen LogP contribution is 2.51. The van der Waals surface area contributed by atoms with Crippen LogP contribution in [0.4, 0.5) is 17.6 Å². The Kier molecular flexibility index (Phi) is 3.07. The molecule has 3 nitrogen and oxygen atoms in total. The van der Waals surface area contributed by atoms with Gasteiger partial charge in [-0.05, 0) is 30.4 Å². The van der Waals surface area contributed by atoms with Gasteiger partial charge >= 0.3 is 6.18 Å². The average molecular weight is 325 g/mol. The highest BCUT2D eigenvalue weighted by Gasteiger charge is 2.50. The SMILES string of the molecule is Fc1ccccc1-c1nn(C2CC3(CNC3)C2)cc1C(F)(F)F. The molecule has 0 amide bonds. The maximum atomic E-state index is 13.9. The van der Waals surface area contributed by atoms with E-state index < -0.39 is 17.6 Å². The van der Waals surface area contributed by atoms with Gasteiger partial charge in [0.05, 0.1) is 6.04 Å². The number of hydrogen-bond donors (Lipinski definition) is 1. The third-order valence-corrected chi connectivity index (χ3v) is 4.88. The number of aromatic nitrogens is 2. The van der Waals surface area contributed by atoms with E-state index >= 15 is 0 Å². The first-order valence-electron chi connectivity index (χ1n) is 7.50. The summed E-state index contributed by atoms with van der Waals surface area (Å²) >= 11 is 0. The van der Waals surface area contributed by atoms with Crippen LogP contribution in [0.1, 0.15) is 24.4 Å². The van der Waals surface area contributed by atoms with E-state index in [1.54, 1.807) is 0 Å². The normalized spacial score (nSPS) is 20.3. The van der Waals surface area contributed by atoms with Gasteiger partial charge in [-0.3, -0.25) is 4.68 Å². The molecule has 0 atom stereocenters. The number of rotatable bonds is 2. The van der Waals surface area contributed by atoms with Gasteiger partial charge in [-0.25, -0.2) is 4.39 Å². The zero-order chi connectivity index (χ0) is 16.2. The van der Waals surface area contributed by atoms with Crippen LogP contribution in [-0.4, -0.2) is 22.9 Å². The van der Waals surface area contributed by atoms with Gasteiger partial charge in [0.25, 0.3) is 0 Å². The first kappa shape index (κ1) is 14.7. The molecule has 1 N–H and O–H groups in total. The lowest BCUT2D eigenvalue weighted by molar-refractivity contribution is -0.137. The molecule has 1 saturated heterocycles. The van der Waals surface area contributed by atoms with Crippen molar-refractivity contribution in [1.29, 1.82) is 0 Å². The summed E-state index contributed by atoms with van der Waals surface area (Å²) in [5.41, 5.74) is -1.09. The van der Waals surface area contributed by atoms with Crippen molar-refractivity contribution in [2.24, 2.45) is 5.41 Å². The summed E-state index contributed by atoms with van der Waals surface area (Å²) in [5.74, 6) is -0.698. The van der Waals surface area contributed by atoms with E-state index in [-0.39, 0.29) is 22.7 Å². The van der Waals surface area contributed by atoms with Crippen molar-refractivity contribution in [1.82, 2.24) is 15.1 Å². The first-order chi connectivity index (χ1) is 10.9. The Hall–Kier alpha value is -1.89. The van der Waals surface area contributed by atoms with Crippen LogP contribution in [-0.2, 0) is 6.18 Å². The predicted molar refractivity (Wildman–Crippen MR) is 76.2 cm³/mol. The monoisotopic (exact) mass is 325 g/mol. The molecule has 0 bridgehead atoms. The van der Waals surface area contributed by atoms with Gasteiger partial charge in [-0.2, -0.15) is 18.3 Å². The second-order valence-electron chi connectivity index (χ2n) is 6.51. The minimum atomic E-state index is -4.56. The highest BCUT2D eigenvalue weighted by molar-refractivity contribution is 5.64.